The van der Waals surface area contributed by atoms with Crippen LogP contribution in [0.5, 0.6) is 23.0 Å². The standard InChI is InChI=1S/C46H41BN2O2/c1-7-8-10-17-32-29-48(37-18-13-14-19-38(37)49(32)31-15-11-9-12-16-31)33-27-40-43-41(28-33)51-44-35(47(43)36-26-30(2)20-23-39(36)50-40)22-21-34-42(44)46(5,6)25-24-45(34,3)4/h1,8-23,26-28H,24-25,29H2,2-6H3/b10-8-,32-17+. The highest BCUT2D eigenvalue weighted by molar-refractivity contribution is 6.98. The predicted molar refractivity (Wildman–Crippen MR) is 212 cm³/mol. The second-order valence-electron chi connectivity index (χ2n) is 15.6. The molecule has 0 atom stereocenters. The van der Waals surface area contributed by atoms with Crippen LogP contribution in [0, 0.1) is 19.3 Å². The second kappa shape index (κ2) is 11.5. The zero-order valence-corrected chi connectivity index (χ0v) is 30.0. The summed E-state index contributed by atoms with van der Waals surface area (Å²) in [4.78, 5) is 4.69. The van der Waals surface area contributed by atoms with E-state index in [0.717, 1.165) is 69.7 Å². The molecule has 5 aromatic carbocycles. The van der Waals surface area contributed by atoms with Crippen molar-refractivity contribution in [3.63, 3.8) is 0 Å². The van der Waals surface area contributed by atoms with Gasteiger partial charge in [0.25, 0.3) is 6.71 Å². The van der Waals surface area contributed by atoms with E-state index in [1.807, 2.05) is 6.08 Å². The average molecular weight is 665 g/mol. The minimum absolute atomic E-state index is 0.00848. The van der Waals surface area contributed by atoms with Crippen LogP contribution in [0.15, 0.2) is 121 Å². The van der Waals surface area contributed by atoms with Crippen molar-refractivity contribution in [1.29, 1.82) is 0 Å². The fraction of sp³-hybridized carbons (Fsp3) is 0.217. The molecule has 0 aromatic heterocycles. The SMILES string of the molecule is C#C/C=C\C=C1/CN(c2cc3c4c(c2)Oc2c(ccc5c2C(C)(C)CCC5(C)C)B4c2cc(C)ccc2O3)c2ccccc2N1c1ccccc1. The van der Waals surface area contributed by atoms with Crippen molar-refractivity contribution in [3.8, 4) is 35.3 Å². The summed E-state index contributed by atoms with van der Waals surface area (Å²) in [6.07, 6.45) is 13.7. The van der Waals surface area contributed by atoms with Crippen molar-refractivity contribution in [2.45, 2.75) is 58.3 Å². The molecule has 0 radical (unpaired) electrons. The van der Waals surface area contributed by atoms with Crippen molar-refractivity contribution < 1.29 is 9.47 Å². The number of hydrogen-bond donors (Lipinski definition) is 0. The predicted octanol–water partition coefficient (Wildman–Crippen LogP) is 9.43. The molecule has 1 aliphatic carbocycles. The number of terminal acetylenes is 1. The summed E-state index contributed by atoms with van der Waals surface area (Å²) in [5.41, 5.74) is 12.9. The quantitative estimate of drug-likeness (QED) is 0.139. The van der Waals surface area contributed by atoms with Crippen molar-refractivity contribution in [2.75, 3.05) is 16.3 Å². The van der Waals surface area contributed by atoms with Gasteiger partial charge < -0.3 is 19.3 Å². The lowest BCUT2D eigenvalue weighted by atomic mass is 9.34. The summed E-state index contributed by atoms with van der Waals surface area (Å²) in [5.74, 6) is 6.27. The van der Waals surface area contributed by atoms with Crippen LogP contribution in [0.4, 0.5) is 22.7 Å². The Labute approximate surface area is 302 Å². The van der Waals surface area contributed by atoms with Crippen LogP contribution in [0.3, 0.4) is 0 Å². The van der Waals surface area contributed by atoms with Gasteiger partial charge in [0.1, 0.15) is 23.0 Å². The third-order valence-electron chi connectivity index (χ3n) is 11.4. The molecule has 0 bridgehead atoms. The van der Waals surface area contributed by atoms with Crippen LogP contribution >= 0.6 is 0 Å². The fourth-order valence-electron chi connectivity index (χ4n) is 8.75. The number of benzene rings is 5. The molecule has 250 valence electrons. The monoisotopic (exact) mass is 664 g/mol. The van der Waals surface area contributed by atoms with E-state index in [1.165, 1.54) is 27.6 Å². The normalized spacial score (nSPS) is 18.1. The Morgan fingerprint density at radius 3 is 2.25 bits per heavy atom. The van der Waals surface area contributed by atoms with Gasteiger partial charge in [-0.25, -0.2) is 0 Å². The number of ether oxygens (including phenoxy) is 2. The molecular formula is C46H41BN2O2. The van der Waals surface area contributed by atoms with Crippen molar-refractivity contribution in [2.24, 2.45) is 0 Å². The average Bonchev–Trinajstić information content (AvgIpc) is 3.13. The van der Waals surface area contributed by atoms with Gasteiger partial charge in [-0.3, -0.25) is 0 Å². The molecule has 0 N–H and O–H groups in total. The lowest BCUT2D eigenvalue weighted by Crippen LogP contribution is -2.58. The lowest BCUT2D eigenvalue weighted by Gasteiger charge is -2.45. The van der Waals surface area contributed by atoms with E-state index in [4.69, 9.17) is 15.9 Å². The van der Waals surface area contributed by atoms with Crippen LogP contribution in [-0.2, 0) is 10.8 Å². The maximum absolute atomic E-state index is 7.25. The van der Waals surface area contributed by atoms with Crippen molar-refractivity contribution in [1.82, 2.24) is 0 Å². The first kappa shape index (κ1) is 31.4. The maximum Gasteiger partial charge on any atom is 0.260 e. The molecular weight excluding hydrogens is 623 g/mol. The molecule has 0 unspecified atom stereocenters. The molecule has 3 aliphatic heterocycles. The molecule has 3 heterocycles. The van der Waals surface area contributed by atoms with Gasteiger partial charge in [-0.1, -0.05) is 99.9 Å². The Balaban J connectivity index is 1.26. The lowest BCUT2D eigenvalue weighted by molar-refractivity contribution is 0.320. The maximum atomic E-state index is 7.25. The second-order valence-corrected chi connectivity index (χ2v) is 15.6. The first-order valence-corrected chi connectivity index (χ1v) is 18.0. The number of nitrogens with zero attached hydrogens (tertiary/aromatic N) is 2. The Bertz CT molecular complexity index is 2350. The van der Waals surface area contributed by atoms with Crippen LogP contribution in [0.1, 0.15) is 57.2 Å². The Kier molecular flexibility index (Phi) is 7.06. The number of para-hydroxylation sites is 3. The number of rotatable bonds is 3. The summed E-state index contributed by atoms with van der Waals surface area (Å²) in [5, 5.41) is 0. The summed E-state index contributed by atoms with van der Waals surface area (Å²) >= 11 is 0. The van der Waals surface area contributed by atoms with Crippen molar-refractivity contribution >= 4 is 45.9 Å². The summed E-state index contributed by atoms with van der Waals surface area (Å²) in [6, 6.07) is 34.8. The van der Waals surface area contributed by atoms with Gasteiger partial charge in [0.05, 0.1) is 17.9 Å². The third-order valence-corrected chi connectivity index (χ3v) is 11.4. The topological polar surface area (TPSA) is 24.9 Å². The Morgan fingerprint density at radius 1 is 0.745 bits per heavy atom. The number of fused-ring (bicyclic) bond motifs is 7. The van der Waals surface area contributed by atoms with Gasteiger partial charge >= 0.3 is 0 Å². The number of aryl methyl sites for hydroxylation is 1. The van der Waals surface area contributed by atoms with Crippen LogP contribution in [-0.4, -0.2) is 13.3 Å². The van der Waals surface area contributed by atoms with E-state index in [-0.39, 0.29) is 17.5 Å². The van der Waals surface area contributed by atoms with E-state index in [9.17, 15) is 0 Å². The Hall–Kier alpha value is -5.60. The first-order chi connectivity index (χ1) is 24.6. The van der Waals surface area contributed by atoms with Gasteiger partial charge in [-0.15, -0.1) is 6.42 Å². The molecule has 4 nitrogen and oxygen atoms in total. The molecule has 0 saturated carbocycles. The third kappa shape index (κ3) is 4.92. The molecule has 9 rings (SSSR count). The highest BCUT2D eigenvalue weighted by atomic mass is 16.5. The van der Waals surface area contributed by atoms with Crippen LogP contribution < -0.4 is 35.7 Å². The van der Waals surface area contributed by atoms with Crippen LogP contribution in [0.25, 0.3) is 0 Å². The van der Waals surface area contributed by atoms with Crippen LogP contribution in [0.2, 0.25) is 0 Å². The smallest absolute Gasteiger partial charge is 0.260 e. The highest BCUT2D eigenvalue weighted by Gasteiger charge is 2.46. The largest absolute Gasteiger partial charge is 0.458 e. The van der Waals surface area contributed by atoms with E-state index >= 15 is 0 Å². The highest BCUT2D eigenvalue weighted by Crippen LogP contribution is 2.52. The van der Waals surface area contributed by atoms with Gasteiger partial charge in [0.15, 0.2) is 0 Å². The summed E-state index contributed by atoms with van der Waals surface area (Å²) in [6.45, 7) is 12.3. The molecule has 0 spiro atoms. The first-order valence-electron chi connectivity index (χ1n) is 18.0. The van der Waals surface area contributed by atoms with E-state index in [0.29, 0.717) is 6.54 Å². The molecule has 0 fully saturated rings. The van der Waals surface area contributed by atoms with Gasteiger partial charge in [0, 0.05) is 40.2 Å². The number of anilines is 4. The van der Waals surface area contributed by atoms with E-state index < -0.39 is 0 Å². The number of hydrogen-bond acceptors (Lipinski definition) is 4. The molecule has 0 saturated heterocycles. The van der Waals surface area contributed by atoms with Gasteiger partial charge in [-0.05, 0) is 89.6 Å². The summed E-state index contributed by atoms with van der Waals surface area (Å²) < 4.78 is 14.1. The molecule has 4 aliphatic rings. The Morgan fingerprint density at radius 2 is 1.47 bits per heavy atom. The molecule has 0 amide bonds. The van der Waals surface area contributed by atoms with Crippen molar-refractivity contribution in [3.05, 3.63) is 138 Å². The summed E-state index contributed by atoms with van der Waals surface area (Å²) in [7, 11) is 0. The molecule has 5 aromatic rings. The van der Waals surface area contributed by atoms with Gasteiger partial charge in [0.2, 0.25) is 0 Å². The fourth-order valence-corrected chi connectivity index (χ4v) is 8.75. The molecule has 5 heteroatoms. The van der Waals surface area contributed by atoms with E-state index in [1.54, 1.807) is 6.08 Å². The van der Waals surface area contributed by atoms with E-state index in [2.05, 4.69) is 153 Å². The minimum Gasteiger partial charge on any atom is -0.458 e. The zero-order valence-electron chi connectivity index (χ0n) is 30.0. The molecule has 51 heavy (non-hydrogen) atoms. The zero-order chi connectivity index (χ0) is 35.1. The van der Waals surface area contributed by atoms with Gasteiger partial charge in [-0.2, -0.15) is 0 Å². The minimum atomic E-state index is -0.0208. The number of allylic oxidation sites excluding steroid dienone is 3.